The van der Waals surface area contributed by atoms with E-state index < -0.39 is 0 Å². The van der Waals surface area contributed by atoms with Crippen molar-refractivity contribution in [1.29, 1.82) is 0 Å². The second-order valence-corrected chi connectivity index (χ2v) is 5.92. The van der Waals surface area contributed by atoms with Gasteiger partial charge in [0.1, 0.15) is 0 Å². The lowest BCUT2D eigenvalue weighted by Gasteiger charge is -2.34. The van der Waals surface area contributed by atoms with E-state index in [-0.39, 0.29) is 5.91 Å². The molecule has 0 aromatic carbocycles. The van der Waals surface area contributed by atoms with Gasteiger partial charge < -0.3 is 20.4 Å². The first-order valence-corrected chi connectivity index (χ1v) is 7.98. The fourth-order valence-electron chi connectivity index (χ4n) is 2.57. The molecule has 118 valence electrons. The van der Waals surface area contributed by atoms with Gasteiger partial charge in [0.2, 0.25) is 5.91 Å². The topological polar surface area (TPSA) is 52.8 Å². The maximum Gasteiger partial charge on any atom is 0.222 e. The molecule has 20 heavy (non-hydrogen) atoms. The molecule has 0 atom stereocenters. The molecule has 5 heteroatoms. The number of carbonyl (C=O) groups is 1. The first kappa shape index (κ1) is 17.4. The minimum Gasteiger partial charge on any atom is -0.349 e. The number of piperazine rings is 1. The molecule has 0 aromatic rings. The standard InChI is InChI=1S/C15H32N4O/c1-17(2)15(20)7-6-10-19-13-11-18(12-14-19)9-5-3-4-8-16/h3-14,16H2,1-2H3. The zero-order valence-corrected chi connectivity index (χ0v) is 13.3. The van der Waals surface area contributed by atoms with E-state index in [1.54, 1.807) is 4.90 Å². The maximum absolute atomic E-state index is 11.5. The van der Waals surface area contributed by atoms with Gasteiger partial charge >= 0.3 is 0 Å². The largest absolute Gasteiger partial charge is 0.349 e. The summed E-state index contributed by atoms with van der Waals surface area (Å²) in [5, 5.41) is 0. The third-order valence-corrected chi connectivity index (χ3v) is 4.01. The van der Waals surface area contributed by atoms with E-state index in [9.17, 15) is 4.79 Å². The molecule has 1 aliphatic heterocycles. The molecule has 0 aliphatic carbocycles. The van der Waals surface area contributed by atoms with E-state index in [1.807, 2.05) is 14.1 Å². The van der Waals surface area contributed by atoms with Crippen molar-refractivity contribution in [2.45, 2.75) is 32.1 Å². The van der Waals surface area contributed by atoms with E-state index in [0.717, 1.165) is 39.0 Å². The minimum absolute atomic E-state index is 0.239. The Balaban J connectivity index is 2.03. The smallest absolute Gasteiger partial charge is 0.222 e. The van der Waals surface area contributed by atoms with Crippen molar-refractivity contribution < 1.29 is 4.79 Å². The predicted octanol–water partition coefficient (Wildman–Crippen LogP) is 0.601. The van der Waals surface area contributed by atoms with Gasteiger partial charge in [0.15, 0.2) is 0 Å². The summed E-state index contributed by atoms with van der Waals surface area (Å²) in [6, 6.07) is 0. The molecule has 0 spiro atoms. The van der Waals surface area contributed by atoms with Gasteiger partial charge in [0.05, 0.1) is 0 Å². The van der Waals surface area contributed by atoms with Crippen LogP contribution in [-0.2, 0) is 4.79 Å². The van der Waals surface area contributed by atoms with Crippen LogP contribution in [0.4, 0.5) is 0 Å². The predicted molar refractivity (Wildman–Crippen MR) is 83.7 cm³/mol. The Bertz CT molecular complexity index is 263. The first-order valence-electron chi connectivity index (χ1n) is 7.98. The fraction of sp³-hybridized carbons (Fsp3) is 0.933. The second kappa shape index (κ2) is 10.1. The quantitative estimate of drug-likeness (QED) is 0.630. The summed E-state index contributed by atoms with van der Waals surface area (Å²) >= 11 is 0. The van der Waals surface area contributed by atoms with Crippen molar-refractivity contribution in [2.75, 3.05) is 59.9 Å². The van der Waals surface area contributed by atoms with Gasteiger partial charge in [-0.2, -0.15) is 0 Å². The van der Waals surface area contributed by atoms with E-state index >= 15 is 0 Å². The van der Waals surface area contributed by atoms with E-state index in [1.165, 1.54) is 32.5 Å². The van der Waals surface area contributed by atoms with Crippen molar-refractivity contribution in [3.8, 4) is 0 Å². The van der Waals surface area contributed by atoms with Crippen molar-refractivity contribution in [1.82, 2.24) is 14.7 Å². The molecule has 0 aromatic heterocycles. The Hall–Kier alpha value is -0.650. The Labute approximate surface area is 124 Å². The summed E-state index contributed by atoms with van der Waals surface area (Å²) in [6.45, 7) is 7.72. The molecule has 1 amide bonds. The van der Waals surface area contributed by atoms with Crippen LogP contribution in [0.5, 0.6) is 0 Å². The summed E-state index contributed by atoms with van der Waals surface area (Å²) < 4.78 is 0. The third kappa shape index (κ3) is 7.22. The van der Waals surface area contributed by atoms with Crippen LogP contribution in [-0.4, -0.2) is 80.5 Å². The fourth-order valence-corrected chi connectivity index (χ4v) is 2.57. The van der Waals surface area contributed by atoms with Crippen LogP contribution >= 0.6 is 0 Å². The van der Waals surface area contributed by atoms with Gasteiger partial charge in [-0.3, -0.25) is 4.79 Å². The summed E-state index contributed by atoms with van der Waals surface area (Å²) in [5.74, 6) is 0.239. The second-order valence-electron chi connectivity index (χ2n) is 5.92. The van der Waals surface area contributed by atoms with Crippen LogP contribution in [0.3, 0.4) is 0 Å². The first-order chi connectivity index (χ1) is 9.63. The monoisotopic (exact) mass is 284 g/mol. The number of amides is 1. The average molecular weight is 284 g/mol. The Morgan fingerprint density at radius 3 is 2.00 bits per heavy atom. The SMILES string of the molecule is CN(C)C(=O)CCCN1CCN(CCCCCN)CC1. The van der Waals surface area contributed by atoms with Crippen LogP contribution in [0.2, 0.25) is 0 Å². The van der Waals surface area contributed by atoms with Crippen LogP contribution < -0.4 is 5.73 Å². The number of carbonyl (C=O) groups excluding carboxylic acids is 1. The van der Waals surface area contributed by atoms with Gasteiger partial charge in [0.25, 0.3) is 0 Å². The highest BCUT2D eigenvalue weighted by atomic mass is 16.2. The minimum atomic E-state index is 0.239. The molecule has 1 saturated heterocycles. The van der Waals surface area contributed by atoms with Gasteiger partial charge in [-0.05, 0) is 38.9 Å². The van der Waals surface area contributed by atoms with E-state index in [4.69, 9.17) is 5.73 Å². The molecule has 1 fully saturated rings. The number of hydrogen-bond acceptors (Lipinski definition) is 4. The molecular weight excluding hydrogens is 252 g/mol. The lowest BCUT2D eigenvalue weighted by atomic mass is 10.2. The van der Waals surface area contributed by atoms with Crippen molar-refractivity contribution in [3.63, 3.8) is 0 Å². The van der Waals surface area contributed by atoms with Crippen molar-refractivity contribution in [3.05, 3.63) is 0 Å². The Kier molecular flexibility index (Phi) is 8.82. The Morgan fingerprint density at radius 1 is 0.950 bits per heavy atom. The zero-order valence-electron chi connectivity index (χ0n) is 13.3. The van der Waals surface area contributed by atoms with Crippen LogP contribution in [0.15, 0.2) is 0 Å². The highest BCUT2D eigenvalue weighted by Crippen LogP contribution is 2.06. The summed E-state index contributed by atoms with van der Waals surface area (Å²) in [5.41, 5.74) is 5.51. The molecule has 1 heterocycles. The van der Waals surface area contributed by atoms with Crippen molar-refractivity contribution >= 4 is 5.91 Å². The normalized spacial score (nSPS) is 17.4. The highest BCUT2D eigenvalue weighted by Gasteiger charge is 2.16. The zero-order chi connectivity index (χ0) is 14.8. The van der Waals surface area contributed by atoms with Crippen LogP contribution in [0.1, 0.15) is 32.1 Å². The van der Waals surface area contributed by atoms with Crippen molar-refractivity contribution in [2.24, 2.45) is 5.73 Å². The number of hydrogen-bond donors (Lipinski definition) is 1. The van der Waals surface area contributed by atoms with E-state index in [0.29, 0.717) is 6.42 Å². The molecule has 5 nitrogen and oxygen atoms in total. The van der Waals surface area contributed by atoms with Crippen LogP contribution in [0, 0.1) is 0 Å². The molecule has 0 unspecified atom stereocenters. The summed E-state index contributed by atoms with van der Waals surface area (Å²) in [6.07, 6.45) is 5.33. The lowest BCUT2D eigenvalue weighted by Crippen LogP contribution is -2.46. The maximum atomic E-state index is 11.5. The van der Waals surface area contributed by atoms with Gasteiger partial charge in [-0.25, -0.2) is 0 Å². The number of nitrogens with zero attached hydrogens (tertiary/aromatic N) is 3. The summed E-state index contributed by atoms with van der Waals surface area (Å²) in [7, 11) is 3.65. The Morgan fingerprint density at radius 2 is 1.50 bits per heavy atom. The van der Waals surface area contributed by atoms with Gasteiger partial charge in [-0.1, -0.05) is 6.42 Å². The average Bonchev–Trinajstić information content (AvgIpc) is 2.45. The lowest BCUT2D eigenvalue weighted by molar-refractivity contribution is -0.128. The molecule has 0 bridgehead atoms. The van der Waals surface area contributed by atoms with Gasteiger partial charge in [0, 0.05) is 46.7 Å². The third-order valence-electron chi connectivity index (χ3n) is 4.01. The molecular formula is C15H32N4O. The number of rotatable bonds is 9. The van der Waals surface area contributed by atoms with Gasteiger partial charge in [-0.15, -0.1) is 0 Å². The van der Waals surface area contributed by atoms with Crippen LogP contribution in [0.25, 0.3) is 0 Å². The van der Waals surface area contributed by atoms with E-state index in [2.05, 4.69) is 9.80 Å². The molecule has 1 rings (SSSR count). The number of nitrogens with two attached hydrogens (primary N) is 1. The number of unbranched alkanes of at least 4 members (excludes halogenated alkanes) is 2. The molecule has 0 radical (unpaired) electrons. The molecule has 2 N–H and O–H groups in total. The molecule has 1 aliphatic rings. The highest BCUT2D eigenvalue weighted by molar-refractivity contribution is 5.75. The summed E-state index contributed by atoms with van der Waals surface area (Å²) in [4.78, 5) is 18.2. The molecule has 0 saturated carbocycles.